The molecule has 0 aromatic carbocycles. The fraction of sp³-hybridized carbons (Fsp3) is 1.00. The van der Waals surface area contributed by atoms with Gasteiger partial charge in [-0.05, 0) is 159 Å². The molecule has 4 rings (SSSR count). The van der Waals surface area contributed by atoms with Crippen LogP contribution in [0, 0.1) is 0 Å². The van der Waals surface area contributed by atoms with E-state index >= 15 is 0 Å². The average Bonchev–Trinajstić information content (AvgIpc) is 3.56. The zero-order valence-corrected chi connectivity index (χ0v) is 23.4. The maximum absolute atomic E-state index is 2.53. The minimum absolute atomic E-state index is 0.775. The van der Waals surface area contributed by atoms with E-state index in [9.17, 15) is 0 Å². The van der Waals surface area contributed by atoms with Crippen LogP contribution in [0.2, 0.25) is 0 Å². The van der Waals surface area contributed by atoms with Gasteiger partial charge in [-0.25, -0.2) is 0 Å². The molecule has 0 radical (unpaired) electrons. The van der Waals surface area contributed by atoms with Crippen molar-refractivity contribution >= 4 is 0 Å². The molecule has 4 saturated heterocycles. The largest absolute Gasteiger partial charge is 0.301 e. The number of nitrogens with zero attached hydrogens (tertiary/aromatic N) is 4. The molecular formula is C28H60N4. The van der Waals surface area contributed by atoms with Crippen molar-refractivity contribution in [2.75, 3.05) is 52.4 Å². The molecule has 0 unspecified atom stereocenters. The zero-order chi connectivity index (χ0) is 23.9. The van der Waals surface area contributed by atoms with Gasteiger partial charge in [-0.15, -0.1) is 0 Å². The first-order chi connectivity index (χ1) is 15.2. The van der Waals surface area contributed by atoms with Crippen LogP contribution in [0.5, 0.6) is 0 Å². The molecule has 4 nitrogen and oxygen atoms in total. The van der Waals surface area contributed by atoms with E-state index in [0.29, 0.717) is 0 Å². The van der Waals surface area contributed by atoms with E-state index in [1.807, 2.05) is 0 Å². The SMILES string of the molecule is CC(C)N1CCCC1.CC(C)N1CCCC1.CC(C)N1CCCC1.CC(C)N1CCCC1. The number of hydrogen-bond donors (Lipinski definition) is 0. The Morgan fingerprint density at radius 1 is 0.281 bits per heavy atom. The molecule has 192 valence electrons. The Bertz CT molecular complexity index is 331. The first kappa shape index (κ1) is 29.9. The van der Waals surface area contributed by atoms with Crippen molar-refractivity contribution in [3.63, 3.8) is 0 Å². The smallest absolute Gasteiger partial charge is 0.00385 e. The van der Waals surface area contributed by atoms with Crippen molar-refractivity contribution in [1.29, 1.82) is 0 Å². The van der Waals surface area contributed by atoms with Gasteiger partial charge in [0.1, 0.15) is 0 Å². The first-order valence-electron chi connectivity index (χ1n) is 14.2. The summed E-state index contributed by atoms with van der Waals surface area (Å²) in [6.07, 6.45) is 11.3. The molecule has 0 saturated carbocycles. The van der Waals surface area contributed by atoms with Crippen LogP contribution in [-0.4, -0.2) is 96.1 Å². The molecule has 32 heavy (non-hydrogen) atoms. The lowest BCUT2D eigenvalue weighted by Crippen LogP contribution is -2.26. The van der Waals surface area contributed by atoms with Gasteiger partial charge in [0.05, 0.1) is 0 Å². The van der Waals surface area contributed by atoms with Gasteiger partial charge in [-0.3, -0.25) is 0 Å². The second-order valence-electron chi connectivity index (χ2n) is 11.3. The lowest BCUT2D eigenvalue weighted by molar-refractivity contribution is 0.276. The van der Waals surface area contributed by atoms with E-state index in [2.05, 4.69) is 75.0 Å². The molecular weight excluding hydrogens is 392 g/mol. The summed E-state index contributed by atoms with van der Waals surface area (Å²) < 4.78 is 0. The monoisotopic (exact) mass is 452 g/mol. The van der Waals surface area contributed by atoms with Crippen molar-refractivity contribution in [3.8, 4) is 0 Å². The fourth-order valence-electron chi connectivity index (χ4n) is 5.03. The lowest BCUT2D eigenvalue weighted by atomic mass is 10.3. The Kier molecular flexibility index (Phi) is 16.2. The van der Waals surface area contributed by atoms with Gasteiger partial charge >= 0.3 is 0 Å². The van der Waals surface area contributed by atoms with E-state index < -0.39 is 0 Å². The lowest BCUT2D eigenvalue weighted by Gasteiger charge is -2.18. The highest BCUT2D eigenvalue weighted by molar-refractivity contribution is 4.70. The Morgan fingerprint density at radius 2 is 0.406 bits per heavy atom. The summed E-state index contributed by atoms with van der Waals surface area (Å²) in [5.41, 5.74) is 0. The number of rotatable bonds is 4. The van der Waals surface area contributed by atoms with Crippen molar-refractivity contribution < 1.29 is 0 Å². The van der Waals surface area contributed by atoms with Crippen LogP contribution in [0.3, 0.4) is 0 Å². The number of likely N-dealkylation sites (tertiary alicyclic amines) is 4. The topological polar surface area (TPSA) is 13.0 Å². The van der Waals surface area contributed by atoms with Gasteiger partial charge in [-0.1, -0.05) is 0 Å². The molecule has 0 aromatic rings. The molecule has 0 amide bonds. The second kappa shape index (κ2) is 17.3. The summed E-state index contributed by atoms with van der Waals surface area (Å²) in [5.74, 6) is 0. The predicted molar refractivity (Wildman–Crippen MR) is 144 cm³/mol. The molecule has 4 aliphatic rings. The molecule has 4 fully saturated rings. The van der Waals surface area contributed by atoms with E-state index in [1.54, 1.807) is 0 Å². The van der Waals surface area contributed by atoms with Crippen LogP contribution in [0.15, 0.2) is 0 Å². The van der Waals surface area contributed by atoms with E-state index in [-0.39, 0.29) is 0 Å². The standard InChI is InChI=1S/4C7H15N/c4*1-7(2)8-5-3-4-6-8/h4*7H,3-6H2,1-2H3. The van der Waals surface area contributed by atoms with Crippen LogP contribution in [-0.2, 0) is 0 Å². The maximum atomic E-state index is 2.53. The van der Waals surface area contributed by atoms with Crippen molar-refractivity contribution in [1.82, 2.24) is 19.6 Å². The number of hydrogen-bond acceptors (Lipinski definition) is 4. The van der Waals surface area contributed by atoms with Crippen LogP contribution in [0.25, 0.3) is 0 Å². The summed E-state index contributed by atoms with van der Waals surface area (Å²) >= 11 is 0. The van der Waals surface area contributed by atoms with E-state index in [4.69, 9.17) is 0 Å². The third kappa shape index (κ3) is 12.9. The zero-order valence-electron chi connectivity index (χ0n) is 23.4. The Labute approximate surface area is 203 Å². The quantitative estimate of drug-likeness (QED) is 0.521. The van der Waals surface area contributed by atoms with Gasteiger partial charge in [0.15, 0.2) is 0 Å². The van der Waals surface area contributed by atoms with Crippen molar-refractivity contribution in [3.05, 3.63) is 0 Å². The summed E-state index contributed by atoms with van der Waals surface area (Å²) in [7, 11) is 0. The van der Waals surface area contributed by atoms with Crippen LogP contribution in [0.4, 0.5) is 0 Å². The third-order valence-electron chi connectivity index (χ3n) is 7.48. The Morgan fingerprint density at radius 3 is 0.469 bits per heavy atom. The highest BCUT2D eigenvalue weighted by Crippen LogP contribution is 2.12. The van der Waals surface area contributed by atoms with Gasteiger partial charge in [0.25, 0.3) is 0 Å². The van der Waals surface area contributed by atoms with Gasteiger partial charge in [-0.2, -0.15) is 0 Å². The maximum Gasteiger partial charge on any atom is 0.00385 e. The van der Waals surface area contributed by atoms with Crippen molar-refractivity contribution in [2.45, 2.75) is 131 Å². The normalized spacial score (nSPS) is 22.9. The van der Waals surface area contributed by atoms with Crippen LogP contribution >= 0.6 is 0 Å². The molecule has 4 heteroatoms. The van der Waals surface area contributed by atoms with Gasteiger partial charge < -0.3 is 19.6 Å². The van der Waals surface area contributed by atoms with Gasteiger partial charge in [0.2, 0.25) is 0 Å². The molecule has 0 spiro atoms. The predicted octanol–water partition coefficient (Wildman–Crippen LogP) is 5.96. The summed E-state index contributed by atoms with van der Waals surface area (Å²) in [6, 6.07) is 3.10. The second-order valence-corrected chi connectivity index (χ2v) is 11.3. The molecule has 0 atom stereocenters. The molecule has 0 aliphatic carbocycles. The fourth-order valence-corrected chi connectivity index (χ4v) is 5.03. The Hall–Kier alpha value is -0.160. The average molecular weight is 453 g/mol. The minimum Gasteiger partial charge on any atom is -0.301 e. The molecule has 0 bridgehead atoms. The Balaban J connectivity index is 0.000000213. The third-order valence-corrected chi connectivity index (χ3v) is 7.48. The van der Waals surface area contributed by atoms with Gasteiger partial charge in [0, 0.05) is 24.2 Å². The van der Waals surface area contributed by atoms with Crippen LogP contribution in [0.1, 0.15) is 107 Å². The molecule has 0 aromatic heterocycles. The van der Waals surface area contributed by atoms with E-state index in [1.165, 1.54) is 104 Å². The highest BCUT2D eigenvalue weighted by Gasteiger charge is 2.15. The first-order valence-corrected chi connectivity index (χ1v) is 14.2. The highest BCUT2D eigenvalue weighted by atomic mass is 15.2. The molecule has 0 N–H and O–H groups in total. The minimum atomic E-state index is 0.775. The summed E-state index contributed by atoms with van der Waals surface area (Å²) in [4.78, 5) is 10.1. The van der Waals surface area contributed by atoms with Crippen molar-refractivity contribution in [2.24, 2.45) is 0 Å². The van der Waals surface area contributed by atoms with Crippen LogP contribution < -0.4 is 0 Å². The molecule has 4 aliphatic heterocycles. The molecule has 4 heterocycles. The summed E-state index contributed by atoms with van der Waals surface area (Å²) in [6.45, 7) is 28.8. The van der Waals surface area contributed by atoms with E-state index in [0.717, 1.165) is 24.2 Å². The summed E-state index contributed by atoms with van der Waals surface area (Å²) in [5, 5.41) is 0.